The van der Waals surface area contributed by atoms with E-state index >= 15 is 0 Å². The molecule has 0 aliphatic rings. The minimum Gasteiger partial charge on any atom is -0.476 e. The Morgan fingerprint density at radius 3 is 2.65 bits per heavy atom. The van der Waals surface area contributed by atoms with Gasteiger partial charge in [-0.05, 0) is 6.07 Å². The van der Waals surface area contributed by atoms with Crippen molar-refractivity contribution in [2.24, 2.45) is 0 Å². The molecule has 104 valence electrons. The average Bonchev–Trinajstić information content (AvgIpc) is 2.47. The van der Waals surface area contributed by atoms with E-state index in [-0.39, 0.29) is 24.1 Å². The van der Waals surface area contributed by atoms with Crippen molar-refractivity contribution < 1.29 is 19.5 Å². The lowest BCUT2D eigenvalue weighted by Gasteiger charge is -2.09. The molecule has 1 aromatic heterocycles. The Hall–Kier alpha value is -2.74. The molecule has 0 fully saturated rings. The first kappa shape index (κ1) is 13.7. The molecule has 0 aliphatic carbocycles. The fourth-order valence-corrected chi connectivity index (χ4v) is 1.57. The number of hydrogen-bond donors (Lipinski definition) is 1. The van der Waals surface area contributed by atoms with Crippen molar-refractivity contribution in [3.05, 3.63) is 46.3 Å². The molecule has 0 radical (unpaired) electrons. The third-order valence-corrected chi connectivity index (χ3v) is 2.48. The number of aromatic nitrogens is 2. The summed E-state index contributed by atoms with van der Waals surface area (Å²) >= 11 is 0. The summed E-state index contributed by atoms with van der Waals surface area (Å²) < 4.78 is 10.2. The Morgan fingerprint density at radius 2 is 2.00 bits per heavy atom. The van der Waals surface area contributed by atoms with Crippen LogP contribution in [0.1, 0.15) is 5.56 Å². The van der Waals surface area contributed by atoms with Crippen LogP contribution in [-0.4, -0.2) is 27.1 Å². The lowest BCUT2D eigenvalue weighted by atomic mass is 10.2. The number of hydrogen-bond acceptors (Lipinski definition) is 7. The molecule has 1 N–H and O–H groups in total. The zero-order valence-electron chi connectivity index (χ0n) is 10.5. The minimum atomic E-state index is -0.685. The van der Waals surface area contributed by atoms with Crippen molar-refractivity contribution in [3.8, 4) is 17.5 Å². The van der Waals surface area contributed by atoms with Gasteiger partial charge in [0.05, 0.1) is 18.6 Å². The van der Waals surface area contributed by atoms with Crippen LogP contribution in [-0.2, 0) is 6.61 Å². The highest BCUT2D eigenvalue weighted by Gasteiger charge is 2.26. The second-order valence-corrected chi connectivity index (χ2v) is 3.66. The maximum atomic E-state index is 11.1. The van der Waals surface area contributed by atoms with E-state index in [9.17, 15) is 15.2 Å². The second-order valence-electron chi connectivity index (χ2n) is 3.66. The molecule has 8 heteroatoms. The van der Waals surface area contributed by atoms with Gasteiger partial charge in [-0.25, -0.2) is 0 Å². The van der Waals surface area contributed by atoms with Gasteiger partial charge in [0.2, 0.25) is 0 Å². The van der Waals surface area contributed by atoms with Gasteiger partial charge >= 0.3 is 17.4 Å². The van der Waals surface area contributed by atoms with Gasteiger partial charge in [-0.1, -0.05) is 18.2 Å². The molecule has 0 saturated heterocycles. The summed E-state index contributed by atoms with van der Waals surface area (Å²) in [5.41, 5.74) is 0.0159. The Kier molecular flexibility index (Phi) is 4.06. The average molecular weight is 277 g/mol. The van der Waals surface area contributed by atoms with Crippen molar-refractivity contribution in [2.75, 3.05) is 7.11 Å². The predicted molar refractivity (Wildman–Crippen MR) is 67.7 cm³/mol. The smallest absolute Gasteiger partial charge is 0.392 e. The van der Waals surface area contributed by atoms with Crippen molar-refractivity contribution in [1.82, 2.24) is 9.97 Å². The topological polar surface area (TPSA) is 108 Å². The van der Waals surface area contributed by atoms with Crippen molar-refractivity contribution >= 4 is 5.69 Å². The third-order valence-electron chi connectivity index (χ3n) is 2.48. The highest BCUT2D eigenvalue weighted by atomic mass is 16.6. The summed E-state index contributed by atoms with van der Waals surface area (Å²) in [6, 6.07) is 6.61. The number of para-hydroxylation sites is 1. The number of aliphatic hydroxyl groups excluding tert-OH is 1. The number of nitrogens with zero attached hydrogens (tertiary/aromatic N) is 3. The summed E-state index contributed by atoms with van der Waals surface area (Å²) in [7, 11) is 1.26. The number of benzene rings is 1. The van der Waals surface area contributed by atoms with Gasteiger partial charge in [-0.2, -0.15) is 9.97 Å². The van der Waals surface area contributed by atoms with Crippen LogP contribution < -0.4 is 9.47 Å². The van der Waals surface area contributed by atoms with E-state index in [1.807, 2.05) is 0 Å². The number of rotatable bonds is 5. The number of aliphatic hydroxyl groups is 1. The molecule has 0 atom stereocenters. The molecular weight excluding hydrogens is 266 g/mol. The van der Waals surface area contributed by atoms with Crippen LogP contribution in [0.5, 0.6) is 17.5 Å². The standard InChI is InChI=1S/C12H11N3O5/c1-19-11-10(15(17)18)12(14-7-13-11)20-9-5-3-2-4-8(9)6-16/h2-5,7,16H,6H2,1H3. The van der Waals surface area contributed by atoms with E-state index in [0.29, 0.717) is 5.56 Å². The first-order valence-electron chi connectivity index (χ1n) is 5.57. The molecule has 0 aliphatic heterocycles. The van der Waals surface area contributed by atoms with E-state index < -0.39 is 10.6 Å². The monoisotopic (exact) mass is 277 g/mol. The summed E-state index contributed by atoms with van der Waals surface area (Å²) in [5, 5.41) is 20.3. The van der Waals surface area contributed by atoms with Crippen molar-refractivity contribution in [1.29, 1.82) is 0 Å². The zero-order valence-corrected chi connectivity index (χ0v) is 10.5. The molecular formula is C12H11N3O5. The SMILES string of the molecule is COc1ncnc(Oc2ccccc2CO)c1[N+](=O)[O-]. The molecule has 2 aromatic rings. The quantitative estimate of drug-likeness (QED) is 0.654. The van der Waals surface area contributed by atoms with Crippen LogP contribution in [0.2, 0.25) is 0 Å². The lowest BCUT2D eigenvalue weighted by Crippen LogP contribution is -2.02. The Balaban J connectivity index is 2.46. The van der Waals surface area contributed by atoms with E-state index in [1.165, 1.54) is 7.11 Å². The maximum absolute atomic E-state index is 11.1. The van der Waals surface area contributed by atoms with Gasteiger partial charge in [0.1, 0.15) is 12.1 Å². The molecule has 0 bridgehead atoms. The van der Waals surface area contributed by atoms with Gasteiger partial charge < -0.3 is 14.6 Å². The lowest BCUT2D eigenvalue weighted by molar-refractivity contribution is -0.387. The first-order chi connectivity index (χ1) is 9.67. The molecule has 8 nitrogen and oxygen atoms in total. The number of nitro groups is 1. The summed E-state index contributed by atoms with van der Waals surface area (Å²) in [5.74, 6) is -0.164. The van der Waals surface area contributed by atoms with Gasteiger partial charge in [-0.3, -0.25) is 10.1 Å². The van der Waals surface area contributed by atoms with E-state index in [2.05, 4.69) is 9.97 Å². The normalized spacial score (nSPS) is 10.1. The van der Waals surface area contributed by atoms with Crippen LogP contribution in [0, 0.1) is 10.1 Å². The number of ether oxygens (including phenoxy) is 2. The fourth-order valence-electron chi connectivity index (χ4n) is 1.57. The van der Waals surface area contributed by atoms with Crippen LogP contribution in [0.25, 0.3) is 0 Å². The van der Waals surface area contributed by atoms with Crippen molar-refractivity contribution in [2.45, 2.75) is 6.61 Å². The molecule has 0 saturated carbocycles. The van der Waals surface area contributed by atoms with Crippen LogP contribution in [0.3, 0.4) is 0 Å². The molecule has 2 rings (SSSR count). The molecule has 20 heavy (non-hydrogen) atoms. The maximum Gasteiger partial charge on any atom is 0.392 e. The van der Waals surface area contributed by atoms with E-state index in [0.717, 1.165) is 6.33 Å². The molecule has 0 spiro atoms. The minimum absolute atomic E-state index is 0.193. The fraction of sp³-hybridized carbons (Fsp3) is 0.167. The summed E-state index contributed by atoms with van der Waals surface area (Å²) in [6.45, 7) is -0.258. The largest absolute Gasteiger partial charge is 0.476 e. The Bertz CT molecular complexity index is 632. The third kappa shape index (κ3) is 2.64. The second kappa shape index (κ2) is 5.93. The van der Waals surface area contributed by atoms with Crippen LogP contribution in [0.15, 0.2) is 30.6 Å². The van der Waals surface area contributed by atoms with Gasteiger partial charge in [0.25, 0.3) is 0 Å². The first-order valence-corrected chi connectivity index (χ1v) is 5.57. The van der Waals surface area contributed by atoms with Crippen LogP contribution in [0.4, 0.5) is 5.69 Å². The Labute approximate surface area is 113 Å². The Morgan fingerprint density at radius 1 is 1.30 bits per heavy atom. The zero-order chi connectivity index (χ0) is 14.5. The van der Waals surface area contributed by atoms with E-state index in [4.69, 9.17) is 9.47 Å². The van der Waals surface area contributed by atoms with Crippen molar-refractivity contribution in [3.63, 3.8) is 0 Å². The van der Waals surface area contributed by atoms with Crippen LogP contribution >= 0.6 is 0 Å². The highest BCUT2D eigenvalue weighted by Crippen LogP contribution is 2.35. The van der Waals surface area contributed by atoms with E-state index in [1.54, 1.807) is 24.3 Å². The predicted octanol–water partition coefficient (Wildman–Crippen LogP) is 1.68. The summed E-state index contributed by atoms with van der Waals surface area (Å²) in [4.78, 5) is 17.8. The molecule has 1 heterocycles. The van der Waals surface area contributed by atoms with Gasteiger partial charge in [-0.15, -0.1) is 0 Å². The number of methoxy groups -OCH3 is 1. The summed E-state index contributed by atoms with van der Waals surface area (Å²) in [6.07, 6.45) is 1.10. The molecule has 0 unspecified atom stereocenters. The molecule has 0 amide bonds. The molecule has 1 aromatic carbocycles. The van der Waals surface area contributed by atoms with Gasteiger partial charge in [0.15, 0.2) is 0 Å². The van der Waals surface area contributed by atoms with Gasteiger partial charge in [0, 0.05) is 5.56 Å². The highest BCUT2D eigenvalue weighted by molar-refractivity contribution is 5.51.